The molecule has 9 nitrogen and oxygen atoms in total. The molecule has 0 spiro atoms. The first-order valence-corrected chi connectivity index (χ1v) is 9.63. The maximum absolute atomic E-state index is 11.7. The number of fused-ring (bicyclic) bond motifs is 1. The summed E-state index contributed by atoms with van der Waals surface area (Å²) in [7, 11) is 1.93. The average Bonchev–Trinajstić information content (AvgIpc) is 3.09. The molecule has 0 unspecified atom stereocenters. The van der Waals surface area contributed by atoms with Gasteiger partial charge in [0.25, 0.3) is 5.91 Å². The van der Waals surface area contributed by atoms with Crippen molar-refractivity contribution in [1.82, 2.24) is 14.5 Å². The van der Waals surface area contributed by atoms with E-state index in [1.165, 1.54) is 6.21 Å². The van der Waals surface area contributed by atoms with Crippen molar-refractivity contribution in [3.05, 3.63) is 48.6 Å². The summed E-state index contributed by atoms with van der Waals surface area (Å²) in [5.41, 5.74) is 3.75. The van der Waals surface area contributed by atoms with Gasteiger partial charge in [-0.25, -0.2) is 9.97 Å². The van der Waals surface area contributed by atoms with Crippen molar-refractivity contribution in [2.45, 2.75) is 6.92 Å². The lowest BCUT2D eigenvalue weighted by Crippen LogP contribution is -2.79. The van der Waals surface area contributed by atoms with Gasteiger partial charge in [0, 0.05) is 42.3 Å². The molecule has 6 N–H and O–H groups in total. The van der Waals surface area contributed by atoms with Crippen molar-refractivity contribution in [2.24, 2.45) is 7.05 Å². The Balaban J connectivity index is 1.90. The minimum Gasteiger partial charge on any atom is -0.391 e. The molecule has 0 aliphatic rings. The van der Waals surface area contributed by atoms with Gasteiger partial charge in [0.1, 0.15) is 18.4 Å². The van der Waals surface area contributed by atoms with Crippen LogP contribution >= 0.6 is 0 Å². The van der Waals surface area contributed by atoms with E-state index in [4.69, 9.17) is 10.5 Å². The first kappa shape index (κ1) is 21.7. The molecule has 0 saturated carbocycles. The number of nitrogens with two attached hydrogens (primary N) is 1. The number of hydrogen-bond acceptors (Lipinski definition) is 6. The monoisotopic (exact) mass is 418 g/mol. The normalized spacial score (nSPS) is 11.0. The molecule has 0 aliphatic heterocycles. The number of aliphatic hydroxyl groups is 1. The Labute approximate surface area is 179 Å². The minimum atomic E-state index is -0.353. The third-order valence-electron chi connectivity index (χ3n) is 4.42. The van der Waals surface area contributed by atoms with Crippen molar-refractivity contribution in [2.75, 3.05) is 23.8 Å². The molecule has 0 bridgehead atoms. The van der Waals surface area contributed by atoms with Crippen LogP contribution in [-0.2, 0) is 11.8 Å². The molecular formula is C22H24N7O2+. The van der Waals surface area contributed by atoms with E-state index < -0.39 is 0 Å². The van der Waals surface area contributed by atoms with Crippen molar-refractivity contribution in [1.29, 1.82) is 5.41 Å². The standard InChI is InChI=1S/C22H23N7O2/c1-3-4-21(31)26-15-5-6-17-18(14-29(2)20(17)11-15)19-7-8-25-22(28-19)27-16(12-23)13-24-9-10-30/h5-8,11-14,23-24,30H,9-10H2,1-2H3,(H,26,31)(H,25,27,28)/p+1/b16-13+,23-12?. The molecule has 0 aliphatic carbocycles. The van der Waals surface area contributed by atoms with Crippen LogP contribution in [0.15, 0.2) is 48.6 Å². The van der Waals surface area contributed by atoms with E-state index in [9.17, 15) is 4.79 Å². The topological polar surface area (TPSA) is 133 Å². The fraction of sp³-hybridized carbons (Fsp3) is 0.182. The number of aryl methyl sites for hydroxylation is 1. The molecule has 0 radical (unpaired) electrons. The Kier molecular flexibility index (Phi) is 7.11. The van der Waals surface area contributed by atoms with Crippen LogP contribution in [0.1, 0.15) is 6.92 Å². The predicted octanol–water partition coefficient (Wildman–Crippen LogP) is 1.06. The fourth-order valence-corrected chi connectivity index (χ4v) is 3.05. The van der Waals surface area contributed by atoms with Crippen LogP contribution in [-0.4, -0.2) is 44.9 Å². The maximum atomic E-state index is 11.7. The van der Waals surface area contributed by atoms with Gasteiger partial charge in [-0.2, -0.15) is 0 Å². The number of amides is 1. The van der Waals surface area contributed by atoms with Gasteiger partial charge in [0.05, 0.1) is 17.8 Å². The van der Waals surface area contributed by atoms with Gasteiger partial charge in [0.2, 0.25) is 5.95 Å². The molecular weight excluding hydrogens is 394 g/mol. The Bertz CT molecular complexity index is 1200. The summed E-state index contributed by atoms with van der Waals surface area (Å²) < 4.78 is 1.97. The molecule has 1 amide bonds. The summed E-state index contributed by atoms with van der Waals surface area (Å²) in [6.45, 7) is 2.17. The minimum absolute atomic E-state index is 0.0479. The largest absolute Gasteiger partial charge is 0.391 e. The lowest BCUT2D eigenvalue weighted by Gasteiger charge is -2.06. The Hall–Kier alpha value is -4.00. The van der Waals surface area contributed by atoms with Crippen LogP contribution in [0, 0.1) is 17.3 Å². The van der Waals surface area contributed by atoms with Crippen LogP contribution in [0.25, 0.3) is 22.2 Å². The second kappa shape index (κ2) is 10.2. The lowest BCUT2D eigenvalue weighted by atomic mass is 10.1. The highest BCUT2D eigenvalue weighted by Crippen LogP contribution is 2.31. The van der Waals surface area contributed by atoms with Gasteiger partial charge in [-0.05, 0) is 31.0 Å². The second-order valence-corrected chi connectivity index (χ2v) is 6.62. The van der Waals surface area contributed by atoms with E-state index >= 15 is 0 Å². The Morgan fingerprint density at radius 3 is 2.94 bits per heavy atom. The molecule has 3 rings (SSSR count). The molecule has 31 heavy (non-hydrogen) atoms. The van der Waals surface area contributed by atoms with Gasteiger partial charge in [-0.15, -0.1) is 0 Å². The smallest absolute Gasteiger partial charge is 0.300 e. The van der Waals surface area contributed by atoms with E-state index in [2.05, 4.69) is 32.4 Å². The highest BCUT2D eigenvalue weighted by atomic mass is 16.3. The zero-order valence-electron chi connectivity index (χ0n) is 17.3. The number of rotatable bonds is 8. The van der Waals surface area contributed by atoms with Crippen molar-refractivity contribution >= 4 is 34.7 Å². The van der Waals surface area contributed by atoms with Crippen LogP contribution < -0.4 is 16.0 Å². The molecule has 0 atom stereocenters. The zero-order chi connectivity index (χ0) is 22.2. The molecule has 1 aromatic carbocycles. The lowest BCUT2D eigenvalue weighted by molar-refractivity contribution is -0.589. The summed E-state index contributed by atoms with van der Waals surface area (Å²) in [5, 5.41) is 24.9. The summed E-state index contributed by atoms with van der Waals surface area (Å²) in [4.78, 5) is 20.6. The number of benzene rings is 1. The van der Waals surface area contributed by atoms with E-state index in [1.54, 1.807) is 24.6 Å². The number of aliphatic hydroxyl groups excluding tert-OH is 1. The second-order valence-electron chi connectivity index (χ2n) is 6.62. The average molecular weight is 418 g/mol. The third kappa shape index (κ3) is 5.33. The first-order valence-electron chi connectivity index (χ1n) is 9.63. The first-order chi connectivity index (χ1) is 15.0. The van der Waals surface area contributed by atoms with E-state index in [1.807, 2.05) is 42.1 Å². The molecule has 0 saturated heterocycles. The number of nitrogens with one attached hydrogen (secondary N) is 3. The number of carbonyl (C=O) groups excluding carboxylic acids is 1. The number of hydrogen-bond donors (Lipinski definition) is 5. The van der Waals surface area contributed by atoms with E-state index in [0.29, 0.717) is 23.9 Å². The van der Waals surface area contributed by atoms with Crippen molar-refractivity contribution in [3.63, 3.8) is 0 Å². The molecule has 9 heteroatoms. The summed E-state index contributed by atoms with van der Waals surface area (Å²) >= 11 is 0. The quantitative estimate of drug-likeness (QED) is 0.212. The van der Waals surface area contributed by atoms with E-state index in [0.717, 1.165) is 22.2 Å². The number of carbonyl (C=O) groups is 1. The Morgan fingerprint density at radius 2 is 2.19 bits per heavy atom. The maximum Gasteiger partial charge on any atom is 0.300 e. The fourth-order valence-electron chi connectivity index (χ4n) is 3.05. The molecule has 0 fully saturated rings. The number of nitrogens with zero attached hydrogens (tertiary/aromatic N) is 3. The number of allylic oxidation sites excluding steroid dienone is 1. The summed E-state index contributed by atoms with van der Waals surface area (Å²) in [6, 6.07) is 7.47. The van der Waals surface area contributed by atoms with Crippen molar-refractivity contribution < 1.29 is 15.2 Å². The van der Waals surface area contributed by atoms with Gasteiger partial charge in [-0.1, -0.05) is 12.0 Å². The number of quaternary nitrogens is 1. The molecule has 158 valence electrons. The predicted molar refractivity (Wildman–Crippen MR) is 120 cm³/mol. The summed E-state index contributed by atoms with van der Waals surface area (Å²) in [6.07, 6.45) is 6.49. The highest BCUT2D eigenvalue weighted by Gasteiger charge is 2.12. The van der Waals surface area contributed by atoms with Crippen LogP contribution in [0.3, 0.4) is 0 Å². The number of anilines is 2. The van der Waals surface area contributed by atoms with Gasteiger partial charge >= 0.3 is 0 Å². The highest BCUT2D eigenvalue weighted by molar-refractivity contribution is 6.05. The van der Waals surface area contributed by atoms with Crippen LogP contribution in [0.2, 0.25) is 0 Å². The van der Waals surface area contributed by atoms with Gasteiger partial charge in [0.15, 0.2) is 0 Å². The van der Waals surface area contributed by atoms with Gasteiger partial charge in [-0.3, -0.25) is 4.79 Å². The molecule has 2 heterocycles. The third-order valence-corrected chi connectivity index (χ3v) is 4.42. The molecule has 2 aromatic heterocycles. The molecule has 3 aromatic rings. The zero-order valence-corrected chi connectivity index (χ0v) is 17.3. The summed E-state index contributed by atoms with van der Waals surface area (Å²) in [5.74, 6) is 5.06. The van der Waals surface area contributed by atoms with Crippen molar-refractivity contribution in [3.8, 4) is 23.1 Å². The van der Waals surface area contributed by atoms with Crippen LogP contribution in [0.4, 0.5) is 11.6 Å². The Morgan fingerprint density at radius 1 is 1.35 bits per heavy atom. The van der Waals surface area contributed by atoms with Gasteiger partial charge < -0.3 is 31.0 Å². The SMILES string of the molecule is CC#CC(=O)Nc1ccc2c(-c3ccnc(N/C(C=N)=C/[NH2+]CCO)n3)cn(C)c2c1. The van der Waals surface area contributed by atoms with E-state index in [-0.39, 0.29) is 12.5 Å². The number of aromatic nitrogens is 3. The van der Waals surface area contributed by atoms with Crippen LogP contribution in [0.5, 0.6) is 0 Å².